The van der Waals surface area contributed by atoms with Crippen LogP contribution in [0.1, 0.15) is 72.1 Å². The molecule has 0 aromatic rings. The highest BCUT2D eigenvalue weighted by Crippen LogP contribution is 2.46. The lowest BCUT2D eigenvalue weighted by molar-refractivity contribution is -0.00687. The molecule has 118 valence electrons. The first-order valence-electron chi connectivity index (χ1n) is 8.78. The Morgan fingerprint density at radius 3 is 2.30 bits per heavy atom. The molecule has 2 aliphatic rings. The molecule has 0 aromatic carbocycles. The first-order chi connectivity index (χ1) is 9.37. The monoisotopic (exact) mass is 280 g/mol. The lowest BCUT2D eigenvalue weighted by atomic mass is 9.63. The van der Waals surface area contributed by atoms with Crippen molar-refractivity contribution in [2.24, 2.45) is 23.0 Å². The molecule has 2 heteroatoms. The molecule has 0 amide bonds. The molecule has 0 bridgehead atoms. The number of nitrogens with zero attached hydrogens (tertiary/aromatic N) is 1. The van der Waals surface area contributed by atoms with E-state index in [9.17, 15) is 0 Å². The zero-order valence-electron chi connectivity index (χ0n) is 14.3. The third kappa shape index (κ3) is 3.76. The van der Waals surface area contributed by atoms with Crippen LogP contribution in [0.4, 0.5) is 0 Å². The summed E-state index contributed by atoms with van der Waals surface area (Å²) in [6.07, 6.45) is 11.1. The minimum absolute atomic E-state index is 0.249. The highest BCUT2D eigenvalue weighted by Gasteiger charge is 2.44. The van der Waals surface area contributed by atoms with Gasteiger partial charge in [0.05, 0.1) is 0 Å². The molecule has 2 nitrogen and oxygen atoms in total. The largest absolute Gasteiger partial charge is 0.329 e. The normalized spacial score (nSPS) is 35.4. The second-order valence-corrected chi connectivity index (χ2v) is 8.67. The maximum atomic E-state index is 6.29. The molecule has 20 heavy (non-hydrogen) atoms. The Morgan fingerprint density at radius 1 is 1.10 bits per heavy atom. The Balaban J connectivity index is 2.04. The quantitative estimate of drug-likeness (QED) is 0.842. The van der Waals surface area contributed by atoms with Crippen LogP contribution in [0.5, 0.6) is 0 Å². The van der Waals surface area contributed by atoms with Crippen LogP contribution in [-0.2, 0) is 0 Å². The predicted octanol–water partition coefficient (Wildman–Crippen LogP) is 4.04. The van der Waals surface area contributed by atoms with Crippen molar-refractivity contribution in [2.75, 3.05) is 20.1 Å². The van der Waals surface area contributed by atoms with Crippen molar-refractivity contribution in [3.63, 3.8) is 0 Å². The van der Waals surface area contributed by atoms with Crippen molar-refractivity contribution in [3.8, 4) is 0 Å². The summed E-state index contributed by atoms with van der Waals surface area (Å²) in [5.74, 6) is 1.72. The molecule has 0 saturated heterocycles. The molecule has 2 saturated carbocycles. The Kier molecular flexibility index (Phi) is 5.18. The topological polar surface area (TPSA) is 29.3 Å². The van der Waals surface area contributed by atoms with Gasteiger partial charge in [0.2, 0.25) is 0 Å². The van der Waals surface area contributed by atoms with Crippen LogP contribution >= 0.6 is 0 Å². The highest BCUT2D eigenvalue weighted by atomic mass is 15.2. The van der Waals surface area contributed by atoms with E-state index in [0.717, 1.165) is 18.4 Å². The highest BCUT2D eigenvalue weighted by molar-refractivity contribution is 5.00. The second kappa shape index (κ2) is 6.36. The van der Waals surface area contributed by atoms with Gasteiger partial charge in [0.15, 0.2) is 0 Å². The molecule has 2 fully saturated rings. The zero-order valence-corrected chi connectivity index (χ0v) is 14.3. The van der Waals surface area contributed by atoms with Gasteiger partial charge in [-0.3, -0.25) is 4.90 Å². The fourth-order valence-electron chi connectivity index (χ4n) is 5.25. The Bertz CT molecular complexity index is 307. The summed E-state index contributed by atoms with van der Waals surface area (Å²) in [5.41, 5.74) is 6.98. The van der Waals surface area contributed by atoms with Gasteiger partial charge in [0.1, 0.15) is 0 Å². The SMILES string of the molecule is CC1CC(C)(C)CC(CN)(N(C)CC2CCCCC2)C1. The van der Waals surface area contributed by atoms with Crippen molar-refractivity contribution in [3.05, 3.63) is 0 Å². The van der Waals surface area contributed by atoms with Crippen molar-refractivity contribution in [1.82, 2.24) is 4.90 Å². The second-order valence-electron chi connectivity index (χ2n) is 8.67. The van der Waals surface area contributed by atoms with Crippen molar-refractivity contribution in [2.45, 2.75) is 77.7 Å². The van der Waals surface area contributed by atoms with E-state index in [-0.39, 0.29) is 5.54 Å². The average molecular weight is 280 g/mol. The van der Waals surface area contributed by atoms with E-state index < -0.39 is 0 Å². The van der Waals surface area contributed by atoms with Gasteiger partial charge in [-0.2, -0.15) is 0 Å². The van der Waals surface area contributed by atoms with Crippen LogP contribution in [-0.4, -0.2) is 30.6 Å². The molecule has 2 N–H and O–H groups in total. The lowest BCUT2D eigenvalue weighted by Gasteiger charge is -2.52. The molecular formula is C18H36N2. The van der Waals surface area contributed by atoms with Gasteiger partial charge in [-0.1, -0.05) is 40.0 Å². The van der Waals surface area contributed by atoms with E-state index in [2.05, 4.69) is 32.7 Å². The summed E-state index contributed by atoms with van der Waals surface area (Å²) >= 11 is 0. The summed E-state index contributed by atoms with van der Waals surface area (Å²) in [6, 6.07) is 0. The van der Waals surface area contributed by atoms with Gasteiger partial charge in [-0.15, -0.1) is 0 Å². The number of hydrogen-bond donors (Lipinski definition) is 1. The van der Waals surface area contributed by atoms with E-state index in [1.807, 2.05) is 0 Å². The summed E-state index contributed by atoms with van der Waals surface area (Å²) in [7, 11) is 2.34. The minimum atomic E-state index is 0.249. The standard InChI is InChI=1S/C18H36N2/c1-15-10-17(2,3)13-18(11-15,14-19)20(4)12-16-8-6-5-7-9-16/h15-16H,5-14,19H2,1-4H3. The first kappa shape index (κ1) is 16.3. The third-order valence-electron chi connectivity index (χ3n) is 5.88. The molecule has 0 heterocycles. The molecule has 2 unspecified atom stereocenters. The number of rotatable bonds is 4. The van der Waals surface area contributed by atoms with Gasteiger partial charge in [-0.05, 0) is 56.4 Å². The van der Waals surface area contributed by atoms with E-state index >= 15 is 0 Å². The Morgan fingerprint density at radius 2 is 1.75 bits per heavy atom. The van der Waals surface area contributed by atoms with E-state index in [0.29, 0.717) is 5.41 Å². The average Bonchev–Trinajstić information content (AvgIpc) is 2.37. The van der Waals surface area contributed by atoms with Gasteiger partial charge >= 0.3 is 0 Å². The lowest BCUT2D eigenvalue weighted by Crippen LogP contribution is -2.58. The van der Waals surface area contributed by atoms with Crippen LogP contribution in [0.15, 0.2) is 0 Å². The van der Waals surface area contributed by atoms with Gasteiger partial charge in [-0.25, -0.2) is 0 Å². The Labute approximate surface area is 126 Å². The Hall–Kier alpha value is -0.0800. The van der Waals surface area contributed by atoms with E-state index in [4.69, 9.17) is 5.73 Å². The van der Waals surface area contributed by atoms with Gasteiger partial charge in [0.25, 0.3) is 0 Å². The summed E-state index contributed by atoms with van der Waals surface area (Å²) < 4.78 is 0. The maximum absolute atomic E-state index is 6.29. The fourth-order valence-corrected chi connectivity index (χ4v) is 5.25. The third-order valence-corrected chi connectivity index (χ3v) is 5.88. The van der Waals surface area contributed by atoms with Crippen LogP contribution < -0.4 is 5.73 Å². The number of hydrogen-bond acceptors (Lipinski definition) is 2. The zero-order chi connectivity index (χ0) is 14.8. The first-order valence-corrected chi connectivity index (χ1v) is 8.78. The molecule has 0 radical (unpaired) electrons. The summed E-state index contributed by atoms with van der Waals surface area (Å²) in [5, 5.41) is 0. The minimum Gasteiger partial charge on any atom is -0.329 e. The smallest absolute Gasteiger partial charge is 0.0336 e. The predicted molar refractivity (Wildman–Crippen MR) is 87.8 cm³/mol. The molecule has 2 rings (SSSR count). The van der Waals surface area contributed by atoms with Crippen LogP contribution in [0.2, 0.25) is 0 Å². The van der Waals surface area contributed by atoms with Gasteiger partial charge < -0.3 is 5.73 Å². The van der Waals surface area contributed by atoms with Crippen molar-refractivity contribution in [1.29, 1.82) is 0 Å². The fraction of sp³-hybridized carbons (Fsp3) is 1.00. The summed E-state index contributed by atoms with van der Waals surface area (Å²) in [6.45, 7) is 9.37. The van der Waals surface area contributed by atoms with E-state index in [1.165, 1.54) is 57.9 Å². The number of likely N-dealkylation sites (N-methyl/N-ethyl adjacent to an activating group) is 1. The van der Waals surface area contributed by atoms with Gasteiger partial charge in [0, 0.05) is 18.6 Å². The molecule has 0 spiro atoms. The van der Waals surface area contributed by atoms with E-state index in [1.54, 1.807) is 0 Å². The van der Waals surface area contributed by atoms with Crippen LogP contribution in [0, 0.1) is 17.3 Å². The summed E-state index contributed by atoms with van der Waals surface area (Å²) in [4.78, 5) is 2.65. The van der Waals surface area contributed by atoms with Crippen molar-refractivity contribution < 1.29 is 0 Å². The molecule has 2 aliphatic carbocycles. The molecule has 2 atom stereocenters. The molecule has 0 aliphatic heterocycles. The van der Waals surface area contributed by atoms with Crippen LogP contribution in [0.25, 0.3) is 0 Å². The number of nitrogens with two attached hydrogens (primary N) is 1. The van der Waals surface area contributed by atoms with Crippen molar-refractivity contribution >= 4 is 0 Å². The molecular weight excluding hydrogens is 244 g/mol. The molecule has 0 aromatic heterocycles. The van der Waals surface area contributed by atoms with Crippen LogP contribution in [0.3, 0.4) is 0 Å². The maximum Gasteiger partial charge on any atom is 0.0336 e.